The Balaban J connectivity index is 1.93. The van der Waals surface area contributed by atoms with Crippen molar-refractivity contribution in [3.05, 3.63) is 78.5 Å². The monoisotopic (exact) mass is 365 g/mol. The molecule has 0 bridgehead atoms. The summed E-state index contributed by atoms with van der Waals surface area (Å²) in [6, 6.07) is 14.4. The molecule has 0 aliphatic rings. The summed E-state index contributed by atoms with van der Waals surface area (Å²) in [4.78, 5) is 4.25. The zero-order chi connectivity index (χ0) is 19.0. The molecule has 2 N–H and O–H groups in total. The Kier molecular flexibility index (Phi) is 4.04. The first-order valence-electron chi connectivity index (χ1n) is 8.02. The van der Waals surface area contributed by atoms with E-state index in [1.165, 1.54) is 22.9 Å². The van der Waals surface area contributed by atoms with Crippen LogP contribution < -0.4 is 0 Å². The van der Waals surface area contributed by atoms with E-state index in [0.717, 1.165) is 12.1 Å². The maximum atomic E-state index is 14.2. The van der Waals surface area contributed by atoms with Gasteiger partial charge in [-0.1, -0.05) is 6.07 Å². The third-order valence-electron chi connectivity index (χ3n) is 4.05. The Labute approximate surface area is 152 Å². The van der Waals surface area contributed by atoms with Gasteiger partial charge in [-0.3, -0.25) is 0 Å². The smallest absolute Gasteiger partial charge is 0.158 e. The van der Waals surface area contributed by atoms with Gasteiger partial charge >= 0.3 is 0 Å². The highest BCUT2D eigenvalue weighted by atomic mass is 19.1. The van der Waals surface area contributed by atoms with Crippen molar-refractivity contribution in [1.29, 1.82) is 0 Å². The molecule has 0 atom stereocenters. The van der Waals surface area contributed by atoms with Crippen LogP contribution in [0.5, 0.6) is 11.5 Å². The molecule has 0 aliphatic carbocycles. The molecule has 0 fully saturated rings. The molecule has 2 heterocycles. The Morgan fingerprint density at radius 1 is 0.852 bits per heavy atom. The van der Waals surface area contributed by atoms with Gasteiger partial charge in [0.2, 0.25) is 0 Å². The molecule has 0 spiro atoms. The molecule has 4 aromatic rings. The van der Waals surface area contributed by atoms with Gasteiger partial charge in [0.15, 0.2) is 17.3 Å². The number of aromatic hydroxyl groups is 2. The Morgan fingerprint density at radius 2 is 1.70 bits per heavy atom. The van der Waals surface area contributed by atoms with Crippen LogP contribution in [0.15, 0.2) is 66.9 Å². The Morgan fingerprint density at radius 3 is 2.41 bits per heavy atom. The average molecular weight is 365 g/mol. The van der Waals surface area contributed by atoms with E-state index >= 15 is 0 Å². The van der Waals surface area contributed by atoms with Crippen molar-refractivity contribution < 1.29 is 19.0 Å². The van der Waals surface area contributed by atoms with Gasteiger partial charge in [-0.15, -0.1) is 0 Å². The highest BCUT2D eigenvalue weighted by Crippen LogP contribution is 2.34. The minimum atomic E-state index is -0.735. The van der Waals surface area contributed by atoms with Crippen molar-refractivity contribution in [1.82, 2.24) is 14.8 Å². The predicted octanol–water partition coefficient (Wildman–Crippen LogP) is 4.29. The number of phenolic OH excluding ortho intramolecular Hbond substituents is 2. The summed E-state index contributed by atoms with van der Waals surface area (Å²) in [7, 11) is 0. The molecule has 0 radical (unpaired) electrons. The normalized spacial score (nSPS) is 10.9. The van der Waals surface area contributed by atoms with E-state index in [1.807, 2.05) is 0 Å². The van der Waals surface area contributed by atoms with Crippen LogP contribution in [-0.2, 0) is 0 Å². The summed E-state index contributed by atoms with van der Waals surface area (Å²) in [6.45, 7) is 0. The van der Waals surface area contributed by atoms with Crippen LogP contribution in [0, 0.1) is 11.6 Å². The number of nitrogens with zero attached hydrogens (tertiary/aromatic N) is 3. The molecule has 0 saturated carbocycles. The molecule has 0 saturated heterocycles. The van der Waals surface area contributed by atoms with E-state index in [9.17, 15) is 19.0 Å². The fourth-order valence-corrected chi connectivity index (χ4v) is 2.75. The van der Waals surface area contributed by atoms with Crippen molar-refractivity contribution in [3.8, 4) is 39.8 Å². The first-order valence-corrected chi connectivity index (χ1v) is 8.02. The Hall–Kier alpha value is -3.74. The second kappa shape index (κ2) is 6.53. The third-order valence-corrected chi connectivity index (χ3v) is 4.05. The molecule has 7 heteroatoms. The van der Waals surface area contributed by atoms with Crippen LogP contribution in [-0.4, -0.2) is 25.0 Å². The van der Waals surface area contributed by atoms with Gasteiger partial charge in [0, 0.05) is 23.4 Å². The number of benzene rings is 2. The van der Waals surface area contributed by atoms with E-state index in [2.05, 4.69) is 10.1 Å². The maximum absolute atomic E-state index is 14.2. The van der Waals surface area contributed by atoms with Gasteiger partial charge < -0.3 is 10.2 Å². The molecule has 2 aromatic carbocycles. The van der Waals surface area contributed by atoms with Crippen LogP contribution in [0.1, 0.15) is 0 Å². The van der Waals surface area contributed by atoms with Gasteiger partial charge in [0.1, 0.15) is 11.6 Å². The number of hydrogen-bond donors (Lipinski definition) is 2. The van der Waals surface area contributed by atoms with Crippen LogP contribution in [0.3, 0.4) is 0 Å². The van der Waals surface area contributed by atoms with Crippen molar-refractivity contribution in [2.75, 3.05) is 0 Å². The highest BCUT2D eigenvalue weighted by Gasteiger charge is 2.17. The average Bonchev–Trinajstić information content (AvgIpc) is 3.10. The number of aromatic nitrogens is 3. The van der Waals surface area contributed by atoms with Crippen molar-refractivity contribution >= 4 is 0 Å². The first-order chi connectivity index (χ1) is 13.0. The van der Waals surface area contributed by atoms with Gasteiger partial charge in [0.05, 0.1) is 11.4 Å². The van der Waals surface area contributed by atoms with Gasteiger partial charge in [-0.25, -0.2) is 18.4 Å². The second-order valence-corrected chi connectivity index (χ2v) is 5.84. The quantitative estimate of drug-likeness (QED) is 0.531. The maximum Gasteiger partial charge on any atom is 0.158 e. The summed E-state index contributed by atoms with van der Waals surface area (Å²) in [5, 5.41) is 23.8. The zero-order valence-corrected chi connectivity index (χ0v) is 13.8. The minimum Gasteiger partial charge on any atom is -0.504 e. The molecule has 0 unspecified atom stereocenters. The molecule has 2 aromatic heterocycles. The lowest BCUT2D eigenvalue weighted by atomic mass is 10.1. The van der Waals surface area contributed by atoms with E-state index in [1.54, 1.807) is 36.5 Å². The summed E-state index contributed by atoms with van der Waals surface area (Å²) < 4.78 is 28.9. The summed E-state index contributed by atoms with van der Waals surface area (Å²) in [5.41, 5.74) is 1.47. The predicted molar refractivity (Wildman–Crippen MR) is 95.5 cm³/mol. The standard InChI is InChI=1S/C20H13F2N3O2/c21-13-5-6-14(15(22)10-13)16-11-17(12-4-7-18(26)19(27)9-12)25(24-16)20-3-1-2-8-23-20/h1-11,26-27H. The zero-order valence-electron chi connectivity index (χ0n) is 13.8. The topological polar surface area (TPSA) is 71.2 Å². The number of halogens is 2. The summed E-state index contributed by atoms with van der Waals surface area (Å²) >= 11 is 0. The van der Waals surface area contributed by atoms with Crippen molar-refractivity contribution in [2.45, 2.75) is 0 Å². The number of rotatable bonds is 3. The first kappa shape index (κ1) is 16.7. The number of phenols is 2. The van der Waals surface area contributed by atoms with Gasteiger partial charge in [-0.05, 0) is 48.5 Å². The van der Waals surface area contributed by atoms with E-state index < -0.39 is 11.6 Å². The Bertz CT molecular complexity index is 1130. The van der Waals surface area contributed by atoms with E-state index in [-0.39, 0.29) is 22.8 Å². The lowest BCUT2D eigenvalue weighted by Crippen LogP contribution is -2.01. The summed E-state index contributed by atoms with van der Waals surface area (Å²) in [6.07, 6.45) is 1.59. The number of hydrogen-bond acceptors (Lipinski definition) is 4. The highest BCUT2D eigenvalue weighted by molar-refractivity contribution is 5.72. The lowest BCUT2D eigenvalue weighted by Gasteiger charge is -2.07. The SMILES string of the molecule is Oc1ccc(-c2cc(-c3ccc(F)cc3F)nn2-c2ccccn2)cc1O. The van der Waals surface area contributed by atoms with Crippen LogP contribution in [0.4, 0.5) is 8.78 Å². The molecular weight excluding hydrogens is 352 g/mol. The van der Waals surface area contributed by atoms with Crippen LogP contribution in [0.2, 0.25) is 0 Å². The molecule has 5 nitrogen and oxygen atoms in total. The molecular formula is C20H13F2N3O2. The number of pyridine rings is 1. The van der Waals surface area contributed by atoms with Gasteiger partial charge in [0.25, 0.3) is 0 Å². The van der Waals surface area contributed by atoms with Crippen molar-refractivity contribution in [3.63, 3.8) is 0 Å². The van der Waals surface area contributed by atoms with Crippen LogP contribution in [0.25, 0.3) is 28.3 Å². The van der Waals surface area contributed by atoms with Crippen LogP contribution >= 0.6 is 0 Å². The molecule has 0 amide bonds. The minimum absolute atomic E-state index is 0.135. The second-order valence-electron chi connectivity index (χ2n) is 5.84. The fourth-order valence-electron chi connectivity index (χ4n) is 2.75. The largest absolute Gasteiger partial charge is 0.504 e. The molecule has 4 rings (SSSR count). The van der Waals surface area contributed by atoms with Gasteiger partial charge in [-0.2, -0.15) is 5.10 Å². The molecule has 27 heavy (non-hydrogen) atoms. The van der Waals surface area contributed by atoms with E-state index in [4.69, 9.17) is 0 Å². The molecule has 0 aliphatic heterocycles. The summed E-state index contributed by atoms with van der Waals surface area (Å²) in [5.74, 6) is -1.48. The third kappa shape index (κ3) is 3.10. The molecule has 134 valence electrons. The van der Waals surface area contributed by atoms with Crippen molar-refractivity contribution in [2.24, 2.45) is 0 Å². The fraction of sp³-hybridized carbons (Fsp3) is 0. The van der Waals surface area contributed by atoms with E-state index in [0.29, 0.717) is 17.1 Å². The lowest BCUT2D eigenvalue weighted by molar-refractivity contribution is 0.404.